The zero-order chi connectivity index (χ0) is 44.2. The van der Waals surface area contributed by atoms with E-state index in [4.69, 9.17) is 0 Å². The number of hydrogen-bond acceptors (Lipinski definition) is 1. The van der Waals surface area contributed by atoms with Crippen LogP contribution in [0.3, 0.4) is 0 Å². The highest BCUT2D eigenvalue weighted by molar-refractivity contribution is 7.96. The molecule has 0 aliphatic heterocycles. The normalized spacial score (nSPS) is 11.7. The molecule has 0 unspecified atom stereocenters. The number of carbonyl (C=O) groups is 1. The molecule has 58 heavy (non-hydrogen) atoms. The number of Topliss-reactive ketones (excluding diaryl/α,β-unsaturated/α-hetero) is 1. The third-order valence-corrected chi connectivity index (χ3v) is 9.34. The topological polar surface area (TPSA) is 17.1 Å². The largest absolute Gasteiger partial charge is 0.289 e. The first-order valence-electron chi connectivity index (χ1n) is 15.2. The molecule has 0 aliphatic rings. The zero-order valence-electron chi connectivity index (χ0n) is 28.5. The van der Waals surface area contributed by atoms with Crippen molar-refractivity contribution in [3.63, 3.8) is 0 Å². The van der Waals surface area contributed by atoms with E-state index in [1.54, 1.807) is 0 Å². The molecule has 0 amide bonds. The Kier molecular flexibility index (Phi) is 13.0. The minimum absolute atomic E-state index is 0.199. The lowest BCUT2D eigenvalue weighted by Crippen LogP contribution is -2.81. The summed E-state index contributed by atoms with van der Waals surface area (Å²) in [6, 6.07) is 7.78. The Labute approximate surface area is 314 Å². The molecule has 0 N–H and O–H groups in total. The van der Waals surface area contributed by atoms with E-state index in [0.717, 1.165) is 5.56 Å². The molecule has 0 fully saturated rings. The summed E-state index contributed by atoms with van der Waals surface area (Å²) in [7, 11) is 0.199. The second-order valence-corrected chi connectivity index (χ2v) is 14.5. The summed E-state index contributed by atoms with van der Waals surface area (Å²) in [5.74, 6) is -70.5. The van der Waals surface area contributed by atoms with Gasteiger partial charge in [-0.3, -0.25) is 4.79 Å². The van der Waals surface area contributed by atoms with E-state index in [0.29, 0.717) is 5.75 Å². The van der Waals surface area contributed by atoms with Crippen molar-refractivity contribution in [2.24, 2.45) is 0 Å². The molecule has 310 valence electrons. The van der Waals surface area contributed by atoms with Crippen molar-refractivity contribution in [3.8, 4) is 0 Å². The van der Waals surface area contributed by atoms with Gasteiger partial charge in [-0.2, -0.15) is 0 Å². The highest BCUT2D eigenvalue weighted by Crippen LogP contribution is 2.30. The van der Waals surface area contributed by atoms with Gasteiger partial charge in [0, 0.05) is 5.56 Å². The summed E-state index contributed by atoms with van der Waals surface area (Å²) >= 11 is 0. The number of benzene rings is 5. The van der Waals surface area contributed by atoms with Crippen molar-refractivity contribution in [3.05, 3.63) is 152 Å². The predicted octanol–water partition coefficient (Wildman–Crippen LogP) is 7.90. The molecule has 0 radical (unpaired) electrons. The van der Waals surface area contributed by atoms with Crippen LogP contribution in [0.5, 0.6) is 0 Å². The first-order chi connectivity index (χ1) is 26.8. The standard InChI is InChI=1S/C24BF20.C11H15OS/c26-5-1(6(27)14(35)21(42)13(5)34)25(2-7(28)15(36)22(43)16(37)8(2)29,3-9(30)17(38)23(44)18(39)10(3)31)4-11(32)19(40)24(45)20(41)12(4)33;1-9-4-6-10(7-5-9)11(12)8-13(2)3/h;4-7H,8H2,1-3H3/q-1;+1. The minimum Gasteiger partial charge on any atom is -0.289 e. The van der Waals surface area contributed by atoms with Gasteiger partial charge in [0.25, 0.3) is 0 Å². The van der Waals surface area contributed by atoms with Crippen LogP contribution in [-0.2, 0) is 10.9 Å². The molecule has 0 saturated heterocycles. The fraction of sp³-hybridized carbons (Fsp3) is 0.114. The Morgan fingerprint density at radius 3 is 0.759 bits per heavy atom. The Morgan fingerprint density at radius 2 is 0.569 bits per heavy atom. The molecular weight excluding hydrogens is 859 g/mol. The van der Waals surface area contributed by atoms with E-state index in [2.05, 4.69) is 12.5 Å². The van der Waals surface area contributed by atoms with Crippen LogP contribution in [0.2, 0.25) is 0 Å². The van der Waals surface area contributed by atoms with Gasteiger partial charge in [-0.25, -0.2) is 87.8 Å². The van der Waals surface area contributed by atoms with Gasteiger partial charge in [-0.05, 0) is 17.8 Å². The van der Waals surface area contributed by atoms with Crippen LogP contribution in [0, 0.1) is 123 Å². The molecular formula is C35H15BF20OS. The van der Waals surface area contributed by atoms with Crippen LogP contribution in [-0.4, -0.2) is 30.2 Å². The van der Waals surface area contributed by atoms with E-state index in [1.807, 2.05) is 31.2 Å². The van der Waals surface area contributed by atoms with Gasteiger partial charge in [0.15, 0.2) is 75.6 Å². The first kappa shape index (κ1) is 45.5. The Hall–Kier alpha value is -5.22. The van der Waals surface area contributed by atoms with Gasteiger partial charge in [0.1, 0.15) is 52.7 Å². The van der Waals surface area contributed by atoms with E-state index in [9.17, 15) is 57.5 Å². The second kappa shape index (κ2) is 16.6. The number of aryl methyl sites for hydroxylation is 1. The average molecular weight is 874 g/mol. The number of rotatable bonds is 7. The summed E-state index contributed by atoms with van der Waals surface area (Å²) in [5, 5.41) is 0. The molecule has 0 heterocycles. The number of halogens is 20. The van der Waals surface area contributed by atoms with E-state index in [1.165, 1.54) is 5.56 Å². The molecule has 5 aromatic carbocycles. The number of ketones is 1. The number of hydrogen-bond donors (Lipinski definition) is 0. The fourth-order valence-electron chi connectivity index (χ4n) is 5.96. The van der Waals surface area contributed by atoms with Gasteiger partial charge in [-0.15, -0.1) is 21.9 Å². The molecule has 0 atom stereocenters. The molecule has 0 spiro atoms. The zero-order valence-corrected chi connectivity index (χ0v) is 29.3. The lowest BCUT2D eigenvalue weighted by molar-refractivity contribution is 0.102. The maximum atomic E-state index is 15.4. The van der Waals surface area contributed by atoms with Crippen molar-refractivity contribution < 1.29 is 92.6 Å². The quantitative estimate of drug-likeness (QED) is 0.0407. The second-order valence-electron chi connectivity index (χ2n) is 12.2. The van der Waals surface area contributed by atoms with Crippen molar-refractivity contribution in [2.45, 2.75) is 6.92 Å². The molecule has 0 aliphatic carbocycles. The van der Waals surface area contributed by atoms with Gasteiger partial charge in [0.05, 0.1) is 12.5 Å². The third kappa shape index (κ3) is 7.14. The van der Waals surface area contributed by atoms with E-state index in [-0.39, 0.29) is 16.7 Å². The average Bonchev–Trinajstić information content (AvgIpc) is 3.18. The van der Waals surface area contributed by atoms with Crippen LogP contribution in [0.25, 0.3) is 0 Å². The molecule has 5 rings (SSSR count). The molecule has 1 nitrogen and oxygen atoms in total. The molecule has 0 saturated carbocycles. The summed E-state index contributed by atoms with van der Waals surface area (Å²) in [5.41, 5.74) is -12.3. The van der Waals surface area contributed by atoms with Crippen LogP contribution in [0.1, 0.15) is 15.9 Å². The first-order valence-corrected chi connectivity index (χ1v) is 17.4. The molecule has 5 aromatic rings. The van der Waals surface area contributed by atoms with Gasteiger partial charge in [-0.1, -0.05) is 29.8 Å². The molecule has 23 heteroatoms. The van der Waals surface area contributed by atoms with Crippen molar-refractivity contribution in [1.82, 2.24) is 0 Å². The van der Waals surface area contributed by atoms with E-state index >= 15 is 35.1 Å². The van der Waals surface area contributed by atoms with Gasteiger partial charge < -0.3 is 0 Å². The lowest BCUT2D eigenvalue weighted by atomic mass is 9.12. The van der Waals surface area contributed by atoms with Gasteiger partial charge >= 0.3 is 0 Å². The van der Waals surface area contributed by atoms with Gasteiger partial charge in [0.2, 0.25) is 5.78 Å². The number of carbonyl (C=O) groups excluding carboxylic acids is 1. The lowest BCUT2D eigenvalue weighted by Gasteiger charge is -2.44. The molecule has 0 bridgehead atoms. The molecule has 0 aromatic heterocycles. The van der Waals surface area contributed by atoms with Crippen LogP contribution >= 0.6 is 0 Å². The summed E-state index contributed by atoms with van der Waals surface area (Å²) in [4.78, 5) is 11.6. The smallest absolute Gasteiger partial charge is 0.211 e. The van der Waals surface area contributed by atoms with Crippen LogP contribution in [0.15, 0.2) is 24.3 Å². The van der Waals surface area contributed by atoms with Crippen molar-refractivity contribution in [2.75, 3.05) is 18.3 Å². The fourth-order valence-corrected chi connectivity index (χ4v) is 6.65. The maximum Gasteiger partial charge on any atom is 0.211 e. The Morgan fingerprint density at radius 1 is 0.379 bits per heavy atom. The Bertz CT molecular complexity index is 2110. The summed E-state index contributed by atoms with van der Waals surface area (Å²) < 4.78 is 294. The minimum atomic E-state index is -7.22. The monoisotopic (exact) mass is 874 g/mol. The predicted molar refractivity (Wildman–Crippen MR) is 169 cm³/mol. The summed E-state index contributed by atoms with van der Waals surface area (Å²) in [6.07, 6.45) is -3.04. The SMILES string of the molecule is Cc1ccc(C(=O)C[S+](C)C)cc1.Fc1c(F)c(F)c([B-](c2c(F)c(F)c(F)c(F)c2F)(c2c(F)c(F)c(F)c(F)c2F)c2c(F)c(F)c(F)c(F)c2F)c(F)c1F. The van der Waals surface area contributed by atoms with Crippen molar-refractivity contribution in [1.29, 1.82) is 0 Å². The van der Waals surface area contributed by atoms with E-state index < -0.39 is 144 Å². The maximum absolute atomic E-state index is 15.4. The highest BCUT2D eigenvalue weighted by Gasteiger charge is 2.52. The Balaban J connectivity index is 0.000000486. The third-order valence-electron chi connectivity index (χ3n) is 8.50. The van der Waals surface area contributed by atoms with Crippen LogP contribution in [0.4, 0.5) is 87.8 Å². The highest BCUT2D eigenvalue weighted by atomic mass is 32.2. The van der Waals surface area contributed by atoms with Crippen molar-refractivity contribution >= 4 is 44.7 Å². The summed E-state index contributed by atoms with van der Waals surface area (Å²) in [6.45, 7) is 2.03. The van der Waals surface area contributed by atoms with Crippen LogP contribution < -0.4 is 21.9 Å².